The Bertz CT molecular complexity index is 1390. The van der Waals surface area contributed by atoms with Crippen LogP contribution in [0.25, 0.3) is 22.3 Å². The number of hydrogen-bond donors (Lipinski definition) is 1. The first-order valence-electron chi connectivity index (χ1n) is 11.8. The molecule has 178 valence electrons. The second-order valence-corrected chi connectivity index (χ2v) is 16.2. The van der Waals surface area contributed by atoms with E-state index in [-0.39, 0.29) is 18.6 Å². The Balaban J connectivity index is 1.63. The molecule has 2 aliphatic rings. The first kappa shape index (κ1) is 22.8. The first-order valence-corrected chi connectivity index (χ1v) is 15.3. The van der Waals surface area contributed by atoms with E-state index in [4.69, 9.17) is 14.5 Å². The van der Waals surface area contributed by atoms with Crippen molar-refractivity contribution in [3.8, 4) is 17.1 Å². The molecular weight excluding hydrogens is 448 g/mol. The Morgan fingerprint density at radius 1 is 1.26 bits per heavy atom. The quantitative estimate of drug-likeness (QED) is 0.342. The summed E-state index contributed by atoms with van der Waals surface area (Å²) in [5.41, 5.74) is 2.00. The number of aliphatic hydroxyl groups is 1. The molecule has 0 saturated heterocycles. The van der Waals surface area contributed by atoms with Crippen molar-refractivity contribution in [1.82, 2.24) is 9.55 Å². The minimum Gasteiger partial charge on any atom is -0.491 e. The predicted molar refractivity (Wildman–Crippen MR) is 133 cm³/mol. The number of hydrogen-bond acceptors (Lipinski definition) is 6. The summed E-state index contributed by atoms with van der Waals surface area (Å²) in [6.45, 7) is 11.8. The van der Waals surface area contributed by atoms with Crippen molar-refractivity contribution in [2.45, 2.75) is 64.2 Å². The predicted octanol–water partition coefficient (Wildman–Crippen LogP) is 4.19. The summed E-state index contributed by atoms with van der Waals surface area (Å²) in [4.78, 5) is 30.6. The van der Waals surface area contributed by atoms with E-state index in [2.05, 4.69) is 26.6 Å². The Morgan fingerprint density at radius 2 is 2.03 bits per heavy atom. The number of carbonyl (C=O) groups is 1. The number of benzene rings is 1. The lowest BCUT2D eigenvalue weighted by Crippen LogP contribution is -2.44. The Morgan fingerprint density at radius 3 is 2.74 bits per heavy atom. The van der Waals surface area contributed by atoms with Crippen LogP contribution in [-0.4, -0.2) is 35.3 Å². The molecule has 1 unspecified atom stereocenters. The number of para-hydroxylation sites is 1. The lowest BCUT2D eigenvalue weighted by Gasteiger charge is -2.31. The van der Waals surface area contributed by atoms with Gasteiger partial charge in [-0.1, -0.05) is 45.6 Å². The number of aromatic nitrogens is 2. The van der Waals surface area contributed by atoms with Gasteiger partial charge in [0.05, 0.1) is 38.2 Å². The fourth-order valence-electron chi connectivity index (χ4n) is 4.56. The lowest BCUT2D eigenvalue weighted by atomic mass is 9.86. The van der Waals surface area contributed by atoms with Gasteiger partial charge < -0.3 is 19.1 Å². The largest absolute Gasteiger partial charge is 0.491 e. The molecule has 1 aromatic carbocycles. The van der Waals surface area contributed by atoms with Crippen LogP contribution in [0.5, 0.6) is 5.75 Å². The molecule has 0 aliphatic carbocycles. The summed E-state index contributed by atoms with van der Waals surface area (Å²) < 4.78 is 13.0. The zero-order valence-electron chi connectivity index (χ0n) is 20.3. The molecule has 0 bridgehead atoms. The smallest absolute Gasteiger partial charge is 0.343 e. The Labute approximate surface area is 199 Å². The summed E-state index contributed by atoms with van der Waals surface area (Å²) in [7, 11) is -1.33. The molecule has 0 saturated carbocycles. The molecule has 0 amide bonds. The fourth-order valence-corrected chi connectivity index (χ4v) is 5.15. The van der Waals surface area contributed by atoms with E-state index in [0.717, 1.165) is 22.2 Å². The molecule has 7 nitrogen and oxygen atoms in total. The Kier molecular flexibility index (Phi) is 5.22. The molecule has 3 aromatic rings. The first-order chi connectivity index (χ1) is 16.0. The second-order valence-electron chi connectivity index (χ2n) is 10.5. The minimum atomic E-state index is -1.83. The number of carbonyl (C=O) groups excluding carboxylic acids is 1. The highest BCUT2D eigenvalue weighted by Gasteiger charge is 2.45. The van der Waals surface area contributed by atoms with Gasteiger partial charge in [0.25, 0.3) is 5.56 Å². The van der Waals surface area contributed by atoms with E-state index in [1.807, 2.05) is 24.3 Å². The molecule has 2 aromatic heterocycles. The van der Waals surface area contributed by atoms with Crippen molar-refractivity contribution < 1.29 is 19.4 Å². The van der Waals surface area contributed by atoms with Crippen molar-refractivity contribution in [2.75, 3.05) is 6.61 Å². The third-order valence-electron chi connectivity index (χ3n) is 7.47. The maximum absolute atomic E-state index is 13.3. The maximum Gasteiger partial charge on any atom is 0.343 e. The number of fused-ring (bicyclic) bond motifs is 5. The summed E-state index contributed by atoms with van der Waals surface area (Å²) in [6, 6.07) is 9.67. The van der Waals surface area contributed by atoms with Gasteiger partial charge in [0.1, 0.15) is 17.9 Å². The van der Waals surface area contributed by atoms with E-state index in [0.29, 0.717) is 41.2 Å². The van der Waals surface area contributed by atoms with E-state index >= 15 is 0 Å². The van der Waals surface area contributed by atoms with Gasteiger partial charge in [-0.15, -0.1) is 0 Å². The zero-order chi connectivity index (χ0) is 24.4. The molecule has 5 rings (SSSR count). The van der Waals surface area contributed by atoms with Crippen LogP contribution in [0.1, 0.15) is 37.0 Å². The van der Waals surface area contributed by atoms with Crippen molar-refractivity contribution in [1.29, 1.82) is 0 Å². The third kappa shape index (κ3) is 3.39. The van der Waals surface area contributed by atoms with Gasteiger partial charge in [-0.2, -0.15) is 0 Å². The molecule has 0 fully saturated rings. The Hall–Kier alpha value is -2.97. The number of nitrogens with zero attached hydrogens (tertiary/aromatic N) is 2. The number of rotatable bonds is 5. The van der Waals surface area contributed by atoms with Crippen LogP contribution in [0.15, 0.2) is 35.1 Å². The summed E-state index contributed by atoms with van der Waals surface area (Å²) in [6.07, 6.45) is 0.118. The monoisotopic (exact) mass is 478 g/mol. The maximum atomic E-state index is 13.3. The molecule has 4 heterocycles. The highest BCUT2D eigenvalue weighted by Crippen LogP contribution is 2.39. The normalized spacial score (nSPS) is 19.9. The lowest BCUT2D eigenvalue weighted by molar-refractivity contribution is -0.172. The van der Waals surface area contributed by atoms with Gasteiger partial charge in [0, 0.05) is 16.5 Å². The van der Waals surface area contributed by atoms with Crippen LogP contribution < -0.4 is 10.3 Å². The summed E-state index contributed by atoms with van der Waals surface area (Å²) in [5.74, 6) is 0.00143. The topological polar surface area (TPSA) is 90.7 Å². The van der Waals surface area contributed by atoms with Crippen molar-refractivity contribution >= 4 is 24.9 Å². The minimum absolute atomic E-state index is 0.118. The van der Waals surface area contributed by atoms with Crippen LogP contribution in [0.4, 0.5) is 0 Å². The van der Waals surface area contributed by atoms with Crippen molar-refractivity contribution in [3.05, 3.63) is 57.4 Å². The van der Waals surface area contributed by atoms with Gasteiger partial charge in [0.2, 0.25) is 0 Å². The molecule has 2 atom stereocenters. The molecule has 34 heavy (non-hydrogen) atoms. The molecule has 2 aliphatic heterocycles. The van der Waals surface area contributed by atoms with Gasteiger partial charge >= 0.3 is 5.97 Å². The zero-order valence-corrected chi connectivity index (χ0v) is 21.3. The molecular formula is C26H30N2O5Si. The molecule has 8 heteroatoms. The fraction of sp³-hybridized carbons (Fsp3) is 0.423. The summed E-state index contributed by atoms with van der Waals surface area (Å²) >= 11 is 0. The van der Waals surface area contributed by atoms with E-state index in [1.165, 1.54) is 0 Å². The van der Waals surface area contributed by atoms with Crippen molar-refractivity contribution in [2.24, 2.45) is 0 Å². The van der Waals surface area contributed by atoms with E-state index in [1.54, 1.807) is 17.6 Å². The second kappa shape index (κ2) is 7.78. The van der Waals surface area contributed by atoms with Crippen molar-refractivity contribution in [3.63, 3.8) is 0 Å². The molecule has 1 N–H and O–H groups in total. The number of pyridine rings is 2. The van der Waals surface area contributed by atoms with E-state index in [9.17, 15) is 14.7 Å². The molecule has 0 radical (unpaired) electrons. The molecule has 0 spiro atoms. The highest BCUT2D eigenvalue weighted by molar-refractivity contribution is 6.77. The van der Waals surface area contributed by atoms with Crippen LogP contribution in [0.3, 0.4) is 0 Å². The van der Waals surface area contributed by atoms with Crippen LogP contribution in [-0.2, 0) is 28.3 Å². The third-order valence-corrected chi connectivity index (χ3v) is 10.6. The SMILES string of the molecule is CC[C@@]1(O)C(=O)OCc2c1cc1n(c2=O)Cc2cc3cccc(OCC(C)[Si](C)(C)C)c3nc2-1. The standard InChI is InChI=1S/C26H30N2O5Si/c1-6-26(31)19-11-20-22-17(12-28(20)24(29)18(19)14-33-25(26)30)10-16-8-7-9-21(23(16)27-22)32-13-15(2)34(3,4)5/h7-11,15,31H,6,12-14H2,1-5H3/t15?,26-/m0/s1. The number of ether oxygens (including phenoxy) is 2. The van der Waals surface area contributed by atoms with Crippen LogP contribution in [0, 0.1) is 0 Å². The average Bonchev–Trinajstić information content (AvgIpc) is 3.16. The summed E-state index contributed by atoms with van der Waals surface area (Å²) in [5, 5.41) is 12.0. The average molecular weight is 479 g/mol. The van der Waals surface area contributed by atoms with Crippen LogP contribution >= 0.6 is 0 Å². The van der Waals surface area contributed by atoms with Gasteiger partial charge in [-0.05, 0) is 30.2 Å². The van der Waals surface area contributed by atoms with Crippen LogP contribution in [0.2, 0.25) is 25.2 Å². The van der Waals surface area contributed by atoms with Gasteiger partial charge in [-0.25, -0.2) is 9.78 Å². The highest BCUT2D eigenvalue weighted by atomic mass is 28.3. The van der Waals surface area contributed by atoms with Gasteiger partial charge in [-0.3, -0.25) is 4.79 Å². The van der Waals surface area contributed by atoms with Gasteiger partial charge in [0.15, 0.2) is 5.60 Å². The van der Waals surface area contributed by atoms with E-state index < -0.39 is 19.6 Å². The number of esters is 1. The number of cyclic esters (lactones) is 1.